The van der Waals surface area contributed by atoms with Crippen molar-refractivity contribution >= 4 is 17.7 Å². The van der Waals surface area contributed by atoms with E-state index in [0.717, 1.165) is 38.0 Å². The van der Waals surface area contributed by atoms with Gasteiger partial charge in [0.1, 0.15) is 0 Å². The van der Waals surface area contributed by atoms with Gasteiger partial charge in [-0.2, -0.15) is 0 Å². The number of aliphatic hydroxyl groups excluding tert-OH is 1. The van der Waals surface area contributed by atoms with E-state index in [1.165, 1.54) is 6.42 Å². The highest BCUT2D eigenvalue weighted by atomic mass is 32.2. The van der Waals surface area contributed by atoms with Gasteiger partial charge in [0.05, 0.1) is 17.9 Å². The number of carbonyl (C=O) groups is 1. The summed E-state index contributed by atoms with van der Waals surface area (Å²) in [6.45, 7) is 0.976. The molecule has 2 heterocycles. The summed E-state index contributed by atoms with van der Waals surface area (Å²) in [5.74, 6) is 1.39. The molecule has 0 aromatic heterocycles. The van der Waals surface area contributed by atoms with Gasteiger partial charge >= 0.3 is 0 Å². The molecule has 0 saturated carbocycles. The molecule has 1 N–H and O–H groups in total. The van der Waals surface area contributed by atoms with E-state index in [1.54, 1.807) is 11.8 Å². The second-order valence-electron chi connectivity index (χ2n) is 4.37. The molecule has 86 valence electrons. The molecular formula is C11H19NO2S. The van der Waals surface area contributed by atoms with Gasteiger partial charge in [0.2, 0.25) is 5.91 Å². The van der Waals surface area contributed by atoms with E-state index in [4.69, 9.17) is 0 Å². The Labute approximate surface area is 95.2 Å². The zero-order valence-corrected chi connectivity index (χ0v) is 9.84. The van der Waals surface area contributed by atoms with Crippen LogP contribution in [-0.2, 0) is 4.79 Å². The Balaban J connectivity index is 1.96. The van der Waals surface area contributed by atoms with Crippen molar-refractivity contribution in [3.8, 4) is 0 Å². The number of piperidine rings is 1. The van der Waals surface area contributed by atoms with Gasteiger partial charge in [-0.3, -0.25) is 4.79 Å². The second-order valence-corrected chi connectivity index (χ2v) is 5.68. The van der Waals surface area contributed by atoms with Crippen molar-refractivity contribution < 1.29 is 9.90 Å². The number of carbonyl (C=O) groups excluding carboxylic acids is 1. The maximum atomic E-state index is 12.2. The molecule has 4 heteroatoms. The van der Waals surface area contributed by atoms with Crippen molar-refractivity contribution in [2.45, 2.75) is 43.4 Å². The topological polar surface area (TPSA) is 40.5 Å². The van der Waals surface area contributed by atoms with Gasteiger partial charge in [-0.15, -0.1) is 11.8 Å². The predicted octanol–water partition coefficient (Wildman–Crippen LogP) is 1.26. The first kappa shape index (κ1) is 11.3. The van der Waals surface area contributed by atoms with Crippen LogP contribution in [0.3, 0.4) is 0 Å². The molecule has 0 aromatic rings. The summed E-state index contributed by atoms with van der Waals surface area (Å²) < 4.78 is 0. The Bertz CT molecular complexity index is 229. The van der Waals surface area contributed by atoms with Crippen LogP contribution < -0.4 is 0 Å². The number of aliphatic hydroxyl groups is 1. The monoisotopic (exact) mass is 229 g/mol. The van der Waals surface area contributed by atoms with E-state index in [-0.39, 0.29) is 23.8 Å². The number of amides is 1. The molecule has 3 nitrogen and oxygen atoms in total. The summed E-state index contributed by atoms with van der Waals surface area (Å²) in [5, 5.41) is 9.43. The molecule has 2 unspecified atom stereocenters. The lowest BCUT2D eigenvalue weighted by Gasteiger charge is -2.36. The zero-order chi connectivity index (χ0) is 10.7. The third-order valence-corrected chi connectivity index (χ3v) is 4.69. The van der Waals surface area contributed by atoms with Crippen molar-refractivity contribution in [2.24, 2.45) is 0 Å². The molecular weight excluding hydrogens is 210 g/mol. The molecule has 15 heavy (non-hydrogen) atoms. The Hall–Kier alpha value is -0.220. The Morgan fingerprint density at radius 3 is 2.87 bits per heavy atom. The van der Waals surface area contributed by atoms with E-state index in [9.17, 15) is 9.90 Å². The largest absolute Gasteiger partial charge is 0.394 e. The van der Waals surface area contributed by atoms with Crippen molar-refractivity contribution in [1.82, 2.24) is 4.90 Å². The van der Waals surface area contributed by atoms with Gasteiger partial charge in [0.25, 0.3) is 0 Å². The number of rotatable bonds is 2. The predicted molar refractivity (Wildman–Crippen MR) is 61.9 cm³/mol. The van der Waals surface area contributed by atoms with Crippen LogP contribution in [0.2, 0.25) is 0 Å². The van der Waals surface area contributed by atoms with E-state index in [1.807, 2.05) is 4.90 Å². The molecule has 0 bridgehead atoms. The molecule has 2 atom stereocenters. The van der Waals surface area contributed by atoms with Gasteiger partial charge < -0.3 is 10.0 Å². The average molecular weight is 229 g/mol. The fourth-order valence-corrected chi connectivity index (χ4v) is 3.67. The summed E-state index contributed by atoms with van der Waals surface area (Å²) in [4.78, 5) is 14.1. The van der Waals surface area contributed by atoms with Crippen LogP contribution in [0.5, 0.6) is 0 Å². The second kappa shape index (κ2) is 5.21. The van der Waals surface area contributed by atoms with Crippen molar-refractivity contribution in [1.29, 1.82) is 0 Å². The molecule has 2 saturated heterocycles. The minimum absolute atomic E-state index is 0.0902. The van der Waals surface area contributed by atoms with Crippen LogP contribution in [-0.4, -0.2) is 46.1 Å². The van der Waals surface area contributed by atoms with Gasteiger partial charge in [0, 0.05) is 6.54 Å². The van der Waals surface area contributed by atoms with Crippen LogP contribution in [0.25, 0.3) is 0 Å². The highest BCUT2D eigenvalue weighted by molar-refractivity contribution is 8.00. The summed E-state index contributed by atoms with van der Waals surface area (Å²) in [6.07, 6.45) is 5.41. The standard InChI is InChI=1S/C11H19NO2S/c13-8-9-4-1-2-6-12(9)11(14)10-5-3-7-15-10/h9-10,13H,1-8H2. The maximum absolute atomic E-state index is 12.2. The number of thioether (sulfide) groups is 1. The van der Waals surface area contributed by atoms with Crippen LogP contribution in [0.15, 0.2) is 0 Å². The van der Waals surface area contributed by atoms with Crippen LogP contribution in [0.4, 0.5) is 0 Å². The molecule has 1 amide bonds. The first-order valence-electron chi connectivity index (χ1n) is 5.86. The van der Waals surface area contributed by atoms with Crippen molar-refractivity contribution in [3.05, 3.63) is 0 Å². The van der Waals surface area contributed by atoms with Crippen LogP contribution in [0.1, 0.15) is 32.1 Å². The summed E-state index contributed by atoms with van der Waals surface area (Å²) in [5.41, 5.74) is 0. The molecule has 0 aliphatic carbocycles. The van der Waals surface area contributed by atoms with E-state index >= 15 is 0 Å². The van der Waals surface area contributed by atoms with Crippen molar-refractivity contribution in [3.63, 3.8) is 0 Å². The molecule has 2 rings (SSSR count). The molecule has 2 aliphatic heterocycles. The Kier molecular flexibility index (Phi) is 3.92. The lowest BCUT2D eigenvalue weighted by atomic mass is 10.0. The molecule has 2 aliphatic rings. The molecule has 0 spiro atoms. The van der Waals surface area contributed by atoms with Crippen LogP contribution >= 0.6 is 11.8 Å². The highest BCUT2D eigenvalue weighted by Crippen LogP contribution is 2.29. The molecule has 2 fully saturated rings. The lowest BCUT2D eigenvalue weighted by Crippen LogP contribution is -2.48. The summed E-state index contributed by atoms with van der Waals surface area (Å²) in [6, 6.07) is 0.0902. The molecule has 0 aromatic carbocycles. The summed E-state index contributed by atoms with van der Waals surface area (Å²) in [7, 11) is 0. The third-order valence-electron chi connectivity index (χ3n) is 3.33. The van der Waals surface area contributed by atoms with Gasteiger partial charge in [-0.25, -0.2) is 0 Å². The Morgan fingerprint density at radius 2 is 2.20 bits per heavy atom. The van der Waals surface area contributed by atoms with E-state index in [2.05, 4.69) is 0 Å². The minimum atomic E-state index is 0.0902. The minimum Gasteiger partial charge on any atom is -0.394 e. The van der Waals surface area contributed by atoms with Crippen molar-refractivity contribution in [2.75, 3.05) is 18.9 Å². The summed E-state index contributed by atoms with van der Waals surface area (Å²) >= 11 is 1.78. The smallest absolute Gasteiger partial charge is 0.236 e. The normalized spacial score (nSPS) is 31.9. The quantitative estimate of drug-likeness (QED) is 0.775. The number of hydrogen-bond acceptors (Lipinski definition) is 3. The fraction of sp³-hybridized carbons (Fsp3) is 0.909. The lowest BCUT2D eigenvalue weighted by molar-refractivity contribution is -0.135. The van der Waals surface area contributed by atoms with Crippen LogP contribution in [0, 0.1) is 0 Å². The average Bonchev–Trinajstić information content (AvgIpc) is 2.81. The van der Waals surface area contributed by atoms with Gasteiger partial charge in [0.15, 0.2) is 0 Å². The Morgan fingerprint density at radius 1 is 1.33 bits per heavy atom. The van der Waals surface area contributed by atoms with E-state index in [0.29, 0.717) is 0 Å². The fourth-order valence-electron chi connectivity index (χ4n) is 2.44. The number of nitrogens with zero attached hydrogens (tertiary/aromatic N) is 1. The van der Waals surface area contributed by atoms with Gasteiger partial charge in [-0.1, -0.05) is 0 Å². The first-order chi connectivity index (χ1) is 7.33. The first-order valence-corrected chi connectivity index (χ1v) is 6.90. The maximum Gasteiger partial charge on any atom is 0.236 e. The number of hydrogen-bond donors (Lipinski definition) is 1. The molecule has 0 radical (unpaired) electrons. The van der Waals surface area contributed by atoms with Gasteiger partial charge in [-0.05, 0) is 37.9 Å². The zero-order valence-electron chi connectivity index (χ0n) is 9.02. The van der Waals surface area contributed by atoms with E-state index < -0.39 is 0 Å². The highest BCUT2D eigenvalue weighted by Gasteiger charge is 2.32. The number of likely N-dealkylation sites (tertiary alicyclic amines) is 1. The third kappa shape index (κ3) is 2.48. The SMILES string of the molecule is O=C(C1CCCS1)N1CCCCC1CO.